The van der Waals surface area contributed by atoms with Crippen LogP contribution in [-0.4, -0.2) is 10.9 Å². The fourth-order valence-electron chi connectivity index (χ4n) is 3.81. The molecular formula is C12H21NO. The predicted molar refractivity (Wildman–Crippen MR) is 57.6 cm³/mol. The van der Waals surface area contributed by atoms with Crippen molar-refractivity contribution < 1.29 is 5.21 Å². The van der Waals surface area contributed by atoms with Gasteiger partial charge in [-0.1, -0.05) is 25.9 Å². The van der Waals surface area contributed by atoms with Crippen LogP contribution in [0.2, 0.25) is 0 Å². The van der Waals surface area contributed by atoms with Crippen LogP contribution in [0, 0.1) is 22.7 Å². The van der Waals surface area contributed by atoms with Crippen molar-refractivity contribution >= 4 is 5.71 Å². The van der Waals surface area contributed by atoms with Crippen LogP contribution in [0.3, 0.4) is 0 Å². The van der Waals surface area contributed by atoms with Gasteiger partial charge in [0.05, 0.1) is 5.71 Å². The van der Waals surface area contributed by atoms with Crippen molar-refractivity contribution in [1.29, 1.82) is 0 Å². The lowest BCUT2D eigenvalue weighted by Gasteiger charge is -2.34. The number of rotatable bonds is 1. The Balaban J connectivity index is 2.32. The van der Waals surface area contributed by atoms with Crippen molar-refractivity contribution in [2.45, 2.75) is 47.0 Å². The summed E-state index contributed by atoms with van der Waals surface area (Å²) in [4.78, 5) is 0. The molecule has 14 heavy (non-hydrogen) atoms. The Labute approximate surface area is 86.4 Å². The highest BCUT2D eigenvalue weighted by molar-refractivity contribution is 5.84. The van der Waals surface area contributed by atoms with Gasteiger partial charge in [-0.15, -0.1) is 0 Å². The molecule has 2 saturated carbocycles. The molecule has 2 nitrogen and oxygen atoms in total. The molecule has 2 aliphatic carbocycles. The topological polar surface area (TPSA) is 32.6 Å². The van der Waals surface area contributed by atoms with E-state index in [4.69, 9.17) is 5.21 Å². The van der Waals surface area contributed by atoms with Crippen molar-refractivity contribution in [1.82, 2.24) is 0 Å². The summed E-state index contributed by atoms with van der Waals surface area (Å²) in [6.07, 6.45) is 3.86. The first-order chi connectivity index (χ1) is 6.42. The first kappa shape index (κ1) is 10.0. The van der Waals surface area contributed by atoms with Crippen LogP contribution in [0.5, 0.6) is 0 Å². The highest BCUT2D eigenvalue weighted by atomic mass is 16.4. The zero-order valence-corrected chi connectivity index (χ0v) is 9.67. The maximum Gasteiger partial charge on any atom is 0.0574 e. The molecule has 0 aromatic heterocycles. The van der Waals surface area contributed by atoms with Crippen LogP contribution in [0.15, 0.2) is 5.16 Å². The van der Waals surface area contributed by atoms with E-state index in [2.05, 4.69) is 25.9 Å². The van der Waals surface area contributed by atoms with Gasteiger partial charge in [0, 0.05) is 5.92 Å². The van der Waals surface area contributed by atoms with E-state index >= 15 is 0 Å². The van der Waals surface area contributed by atoms with Gasteiger partial charge in [0.15, 0.2) is 0 Å². The molecule has 0 saturated heterocycles. The molecule has 2 aliphatic rings. The van der Waals surface area contributed by atoms with Crippen molar-refractivity contribution in [2.75, 3.05) is 0 Å². The van der Waals surface area contributed by atoms with Gasteiger partial charge >= 0.3 is 0 Å². The lowest BCUT2D eigenvalue weighted by molar-refractivity contribution is 0.152. The molecule has 0 aromatic rings. The van der Waals surface area contributed by atoms with E-state index in [0.717, 1.165) is 11.6 Å². The van der Waals surface area contributed by atoms with Crippen LogP contribution >= 0.6 is 0 Å². The number of nitrogens with zero attached hydrogens (tertiary/aromatic N) is 1. The predicted octanol–water partition coefficient (Wildman–Crippen LogP) is 3.30. The van der Waals surface area contributed by atoms with E-state index < -0.39 is 0 Å². The minimum atomic E-state index is 0.420. The summed E-state index contributed by atoms with van der Waals surface area (Å²) in [5.74, 6) is 1.25. The maximum atomic E-state index is 8.87. The minimum Gasteiger partial charge on any atom is -0.411 e. The smallest absolute Gasteiger partial charge is 0.0574 e. The Morgan fingerprint density at radius 2 is 2.00 bits per heavy atom. The first-order valence-electron chi connectivity index (χ1n) is 5.61. The number of hydrogen-bond acceptors (Lipinski definition) is 2. The third-order valence-corrected chi connectivity index (χ3v) is 5.34. The Hall–Kier alpha value is -0.530. The van der Waals surface area contributed by atoms with Gasteiger partial charge < -0.3 is 5.21 Å². The third-order valence-electron chi connectivity index (χ3n) is 5.34. The molecule has 2 heteroatoms. The second kappa shape index (κ2) is 2.74. The molecule has 3 atom stereocenters. The van der Waals surface area contributed by atoms with Gasteiger partial charge in [-0.3, -0.25) is 0 Å². The normalized spacial score (nSPS) is 45.9. The molecule has 0 radical (unpaired) electrons. The van der Waals surface area contributed by atoms with E-state index in [-0.39, 0.29) is 0 Å². The molecule has 0 aliphatic heterocycles. The molecule has 2 rings (SSSR count). The van der Waals surface area contributed by atoms with Crippen molar-refractivity contribution in [3.63, 3.8) is 0 Å². The Morgan fingerprint density at radius 1 is 1.36 bits per heavy atom. The fraction of sp³-hybridized carbons (Fsp3) is 0.917. The van der Waals surface area contributed by atoms with E-state index in [9.17, 15) is 0 Å². The number of hydrogen-bond donors (Lipinski definition) is 1. The van der Waals surface area contributed by atoms with Crippen LogP contribution in [0.25, 0.3) is 0 Å². The number of fused-ring (bicyclic) bond motifs is 2. The third kappa shape index (κ3) is 0.999. The largest absolute Gasteiger partial charge is 0.411 e. The van der Waals surface area contributed by atoms with E-state index in [0.29, 0.717) is 16.7 Å². The molecule has 0 amide bonds. The molecule has 0 aromatic carbocycles. The van der Waals surface area contributed by atoms with E-state index in [1.54, 1.807) is 0 Å². The van der Waals surface area contributed by atoms with Gasteiger partial charge in [0.25, 0.3) is 0 Å². The maximum absolute atomic E-state index is 8.87. The standard InChI is InChI=1S/C12H21NO/c1-8(13-14)9-7-12(4)6-5-10(9)11(12,2)3/h9-10,14H,5-7H2,1-4H3/t9-,10+,12-/m1/s1. The van der Waals surface area contributed by atoms with Crippen LogP contribution in [0.4, 0.5) is 0 Å². The van der Waals surface area contributed by atoms with Gasteiger partial charge in [0.1, 0.15) is 0 Å². The summed E-state index contributed by atoms with van der Waals surface area (Å²) in [5.41, 5.74) is 1.82. The van der Waals surface area contributed by atoms with Crippen molar-refractivity contribution in [3.8, 4) is 0 Å². The average Bonchev–Trinajstić information content (AvgIpc) is 2.47. The Morgan fingerprint density at radius 3 is 2.36 bits per heavy atom. The average molecular weight is 195 g/mol. The lowest BCUT2D eigenvalue weighted by atomic mass is 9.71. The Kier molecular flexibility index (Phi) is 1.96. The minimum absolute atomic E-state index is 0.420. The summed E-state index contributed by atoms with van der Waals surface area (Å²) in [6.45, 7) is 9.13. The molecule has 1 N–H and O–H groups in total. The highest BCUT2D eigenvalue weighted by Crippen LogP contribution is 2.67. The number of oxime groups is 1. The molecule has 0 heterocycles. The summed E-state index contributed by atoms with van der Waals surface area (Å²) < 4.78 is 0. The van der Waals surface area contributed by atoms with Crippen LogP contribution in [0.1, 0.15) is 47.0 Å². The van der Waals surface area contributed by atoms with Crippen LogP contribution < -0.4 is 0 Å². The SMILES string of the molecule is CC(=NO)[C@H]1C[C@@]2(C)CC[C@@H]1C2(C)C. The second-order valence-electron chi connectivity index (χ2n) is 5.98. The molecule has 80 valence electrons. The summed E-state index contributed by atoms with van der Waals surface area (Å²) in [6, 6.07) is 0. The van der Waals surface area contributed by atoms with Gasteiger partial charge in [-0.2, -0.15) is 0 Å². The summed E-state index contributed by atoms with van der Waals surface area (Å²) in [7, 11) is 0. The second-order valence-corrected chi connectivity index (χ2v) is 5.98. The molecule has 0 unspecified atom stereocenters. The van der Waals surface area contributed by atoms with Crippen molar-refractivity contribution in [2.24, 2.45) is 27.8 Å². The van der Waals surface area contributed by atoms with Gasteiger partial charge in [0.2, 0.25) is 0 Å². The lowest BCUT2D eigenvalue weighted by Crippen LogP contribution is -2.26. The fourth-order valence-corrected chi connectivity index (χ4v) is 3.81. The van der Waals surface area contributed by atoms with Gasteiger partial charge in [-0.25, -0.2) is 0 Å². The first-order valence-corrected chi connectivity index (χ1v) is 5.61. The van der Waals surface area contributed by atoms with Crippen LogP contribution in [-0.2, 0) is 0 Å². The zero-order chi connectivity index (χ0) is 10.6. The van der Waals surface area contributed by atoms with E-state index in [1.807, 2.05) is 6.92 Å². The molecule has 2 fully saturated rings. The zero-order valence-electron chi connectivity index (χ0n) is 9.67. The molecule has 2 bridgehead atoms. The molecule has 0 spiro atoms. The van der Waals surface area contributed by atoms with Gasteiger partial charge in [-0.05, 0) is 42.9 Å². The Bertz CT molecular complexity index is 279. The van der Waals surface area contributed by atoms with E-state index in [1.165, 1.54) is 19.3 Å². The quantitative estimate of drug-likeness (QED) is 0.388. The summed E-state index contributed by atoms with van der Waals surface area (Å²) >= 11 is 0. The monoisotopic (exact) mass is 195 g/mol. The highest BCUT2D eigenvalue weighted by Gasteiger charge is 2.60. The molecular weight excluding hydrogens is 174 g/mol. The van der Waals surface area contributed by atoms with Crippen molar-refractivity contribution in [3.05, 3.63) is 0 Å². The summed E-state index contributed by atoms with van der Waals surface area (Å²) in [5, 5.41) is 12.3.